The third-order valence-corrected chi connectivity index (χ3v) is 11.3. The average Bonchev–Trinajstić information content (AvgIpc) is 3.26. The van der Waals surface area contributed by atoms with Crippen molar-refractivity contribution >= 4 is 17.9 Å². The molecule has 0 saturated carbocycles. The topological polar surface area (TPSA) is 78.9 Å². The average molecular weight is 855 g/mol. The van der Waals surface area contributed by atoms with Crippen LogP contribution >= 0.6 is 0 Å². The van der Waals surface area contributed by atoms with E-state index in [2.05, 4.69) is 69.4 Å². The third-order valence-electron chi connectivity index (χ3n) is 11.3. The van der Waals surface area contributed by atoms with Crippen molar-refractivity contribution in [1.29, 1.82) is 0 Å². The first-order valence-corrected chi connectivity index (χ1v) is 26.1. The zero-order valence-electron chi connectivity index (χ0n) is 40.4. The van der Waals surface area contributed by atoms with E-state index < -0.39 is 6.10 Å². The first kappa shape index (κ1) is 58.4. The van der Waals surface area contributed by atoms with Crippen LogP contribution in [0.4, 0.5) is 0 Å². The zero-order valence-corrected chi connectivity index (χ0v) is 40.4. The van der Waals surface area contributed by atoms with Crippen LogP contribution < -0.4 is 0 Å². The van der Waals surface area contributed by atoms with Gasteiger partial charge in [-0.05, 0) is 77.0 Å². The lowest BCUT2D eigenvalue weighted by Gasteiger charge is -2.18. The van der Waals surface area contributed by atoms with Gasteiger partial charge in [-0.15, -0.1) is 0 Å². The molecule has 6 nitrogen and oxygen atoms in total. The van der Waals surface area contributed by atoms with E-state index in [-0.39, 0.29) is 31.1 Å². The third kappa shape index (κ3) is 48.3. The highest BCUT2D eigenvalue weighted by Crippen LogP contribution is 2.15. The fourth-order valence-electron chi connectivity index (χ4n) is 7.39. The Bertz CT molecular complexity index is 1070. The van der Waals surface area contributed by atoms with Gasteiger partial charge in [-0.1, -0.05) is 217 Å². The van der Waals surface area contributed by atoms with E-state index in [1.807, 2.05) is 0 Å². The van der Waals surface area contributed by atoms with E-state index in [9.17, 15) is 14.4 Å². The van der Waals surface area contributed by atoms with Gasteiger partial charge in [-0.25, -0.2) is 0 Å². The van der Waals surface area contributed by atoms with Crippen molar-refractivity contribution in [2.75, 3.05) is 13.2 Å². The zero-order chi connectivity index (χ0) is 44.4. The lowest BCUT2D eigenvalue weighted by Crippen LogP contribution is -2.30. The Balaban J connectivity index is 4.39. The summed E-state index contributed by atoms with van der Waals surface area (Å²) >= 11 is 0. The van der Waals surface area contributed by atoms with Gasteiger partial charge in [-0.2, -0.15) is 0 Å². The van der Waals surface area contributed by atoms with Crippen molar-refractivity contribution < 1.29 is 28.6 Å². The summed E-state index contributed by atoms with van der Waals surface area (Å²) in [5, 5.41) is 0. The van der Waals surface area contributed by atoms with E-state index >= 15 is 0 Å². The van der Waals surface area contributed by atoms with Crippen LogP contribution in [-0.2, 0) is 28.6 Å². The molecule has 0 aliphatic heterocycles. The fourth-order valence-corrected chi connectivity index (χ4v) is 7.39. The highest BCUT2D eigenvalue weighted by atomic mass is 16.6. The second kappa shape index (κ2) is 50.0. The molecule has 1 unspecified atom stereocenters. The number of allylic oxidation sites excluding steroid dienone is 8. The van der Waals surface area contributed by atoms with E-state index in [4.69, 9.17) is 14.2 Å². The molecule has 0 aromatic heterocycles. The summed E-state index contributed by atoms with van der Waals surface area (Å²) in [5.74, 6) is -0.927. The molecule has 354 valence electrons. The molecule has 0 spiro atoms. The van der Waals surface area contributed by atoms with Crippen molar-refractivity contribution in [3.63, 3.8) is 0 Å². The Kier molecular flexibility index (Phi) is 47.9. The van der Waals surface area contributed by atoms with E-state index in [1.54, 1.807) is 0 Å². The van der Waals surface area contributed by atoms with Gasteiger partial charge in [0.05, 0.1) is 0 Å². The maximum Gasteiger partial charge on any atom is 0.306 e. The maximum atomic E-state index is 12.8. The number of carbonyl (C=O) groups is 3. The molecule has 0 radical (unpaired) electrons. The molecule has 0 aliphatic rings. The van der Waals surface area contributed by atoms with Crippen molar-refractivity contribution in [2.45, 2.75) is 271 Å². The van der Waals surface area contributed by atoms with Gasteiger partial charge in [0.2, 0.25) is 0 Å². The first-order chi connectivity index (χ1) is 30.0. The molecule has 0 aromatic rings. The number of unbranched alkanes of at least 4 members (excludes halogenated alkanes) is 28. The van der Waals surface area contributed by atoms with Gasteiger partial charge >= 0.3 is 17.9 Å². The van der Waals surface area contributed by atoms with Crippen LogP contribution in [-0.4, -0.2) is 37.2 Å². The normalized spacial score (nSPS) is 12.4. The summed E-state index contributed by atoms with van der Waals surface area (Å²) in [6.07, 6.45) is 59.6. The number of esters is 3. The summed E-state index contributed by atoms with van der Waals surface area (Å²) in [7, 11) is 0. The molecule has 0 amide bonds. The molecular formula is C55H98O6. The molecule has 61 heavy (non-hydrogen) atoms. The number of hydrogen-bond donors (Lipinski definition) is 0. The van der Waals surface area contributed by atoms with Gasteiger partial charge in [0.25, 0.3) is 0 Å². The highest BCUT2D eigenvalue weighted by Gasteiger charge is 2.19. The van der Waals surface area contributed by atoms with Gasteiger partial charge < -0.3 is 14.2 Å². The Labute approximate surface area is 378 Å². The number of ether oxygens (including phenoxy) is 3. The summed E-state index contributed by atoms with van der Waals surface area (Å²) in [6.45, 7) is 6.50. The van der Waals surface area contributed by atoms with Crippen LogP contribution in [0.1, 0.15) is 265 Å². The van der Waals surface area contributed by atoms with Gasteiger partial charge in [0, 0.05) is 19.3 Å². The van der Waals surface area contributed by atoms with Crippen LogP contribution in [0.2, 0.25) is 0 Å². The van der Waals surface area contributed by atoms with Crippen molar-refractivity contribution in [3.05, 3.63) is 48.6 Å². The molecule has 0 bridgehead atoms. The second-order valence-electron chi connectivity index (χ2n) is 17.4. The van der Waals surface area contributed by atoms with E-state index in [0.29, 0.717) is 19.3 Å². The minimum absolute atomic E-state index is 0.0873. The maximum absolute atomic E-state index is 12.8. The standard InChI is InChI=1S/C55H98O6/c1-4-7-10-13-16-19-22-25-27-29-30-33-36-39-42-45-48-54(57)60-51-52(50-59-53(56)47-44-41-38-35-32-24-21-18-15-12-9-6-3)61-55(58)49-46-43-40-37-34-31-28-26-23-20-17-14-11-8-5-2/h9,12,18,21,27,29,32,35,52H,4-8,10-11,13-17,19-20,22-26,28,30-31,33-34,36-51H2,1-3H3/b12-9-,21-18-,29-27-,35-32-. The van der Waals surface area contributed by atoms with E-state index in [0.717, 1.165) is 83.5 Å². The Morgan fingerprint density at radius 2 is 0.639 bits per heavy atom. The Morgan fingerprint density at radius 3 is 1.05 bits per heavy atom. The molecule has 1 atom stereocenters. The van der Waals surface area contributed by atoms with E-state index in [1.165, 1.54) is 141 Å². The number of hydrogen-bond acceptors (Lipinski definition) is 6. The molecule has 0 fully saturated rings. The Morgan fingerprint density at radius 1 is 0.344 bits per heavy atom. The molecule has 0 aliphatic carbocycles. The Hall–Kier alpha value is -2.63. The fraction of sp³-hybridized carbons (Fsp3) is 0.800. The predicted molar refractivity (Wildman–Crippen MR) is 261 cm³/mol. The lowest BCUT2D eigenvalue weighted by molar-refractivity contribution is -0.167. The predicted octanol–water partition coefficient (Wildman–Crippen LogP) is 17.1. The number of carbonyl (C=O) groups excluding carboxylic acids is 3. The van der Waals surface area contributed by atoms with Crippen LogP contribution in [0.25, 0.3) is 0 Å². The largest absolute Gasteiger partial charge is 0.462 e. The molecule has 6 heteroatoms. The summed E-state index contributed by atoms with van der Waals surface area (Å²) in [6, 6.07) is 0. The van der Waals surface area contributed by atoms with Crippen LogP contribution in [0.5, 0.6) is 0 Å². The molecule has 0 aromatic carbocycles. The number of rotatable bonds is 47. The second-order valence-corrected chi connectivity index (χ2v) is 17.4. The minimum Gasteiger partial charge on any atom is -0.462 e. The molecular weight excluding hydrogens is 757 g/mol. The SMILES string of the molecule is CC/C=C\C/C=C\C/C=C\CCCCC(=O)OCC(COC(=O)CCCCCCC/C=C\CCCCCCCCC)OC(=O)CCCCCCCCCCCCCCCCC. The molecule has 0 rings (SSSR count). The van der Waals surface area contributed by atoms with Crippen molar-refractivity contribution in [1.82, 2.24) is 0 Å². The van der Waals surface area contributed by atoms with Gasteiger partial charge in [0.15, 0.2) is 6.10 Å². The van der Waals surface area contributed by atoms with Crippen LogP contribution in [0.15, 0.2) is 48.6 Å². The lowest BCUT2D eigenvalue weighted by atomic mass is 10.0. The smallest absolute Gasteiger partial charge is 0.306 e. The van der Waals surface area contributed by atoms with Crippen molar-refractivity contribution in [2.24, 2.45) is 0 Å². The van der Waals surface area contributed by atoms with Crippen LogP contribution in [0.3, 0.4) is 0 Å². The monoisotopic (exact) mass is 855 g/mol. The van der Waals surface area contributed by atoms with Gasteiger partial charge in [-0.3, -0.25) is 14.4 Å². The molecule has 0 heterocycles. The van der Waals surface area contributed by atoms with Gasteiger partial charge in [0.1, 0.15) is 13.2 Å². The summed E-state index contributed by atoms with van der Waals surface area (Å²) in [5.41, 5.74) is 0. The quantitative estimate of drug-likeness (QED) is 0.0263. The molecule has 0 saturated heterocycles. The first-order valence-electron chi connectivity index (χ1n) is 26.1. The highest BCUT2D eigenvalue weighted by molar-refractivity contribution is 5.71. The summed E-state index contributed by atoms with van der Waals surface area (Å²) in [4.78, 5) is 37.9. The van der Waals surface area contributed by atoms with Crippen LogP contribution in [0, 0.1) is 0 Å². The minimum atomic E-state index is -0.788. The molecule has 0 N–H and O–H groups in total. The summed E-state index contributed by atoms with van der Waals surface area (Å²) < 4.78 is 16.8. The van der Waals surface area contributed by atoms with Crippen molar-refractivity contribution in [3.8, 4) is 0 Å².